The summed E-state index contributed by atoms with van der Waals surface area (Å²) in [6.45, 7) is 6.36. The highest BCUT2D eigenvalue weighted by Gasteiger charge is 2.19. The Morgan fingerprint density at radius 3 is 2.42 bits per heavy atom. The van der Waals surface area contributed by atoms with Crippen LogP contribution < -0.4 is 0 Å². The lowest BCUT2D eigenvalue weighted by molar-refractivity contribution is 0.197. The fourth-order valence-corrected chi connectivity index (χ4v) is 2.33. The summed E-state index contributed by atoms with van der Waals surface area (Å²) in [5.74, 6) is 0.625. The maximum atomic E-state index is 9.93. The zero-order valence-electron chi connectivity index (χ0n) is 11.8. The zero-order chi connectivity index (χ0) is 14.0. The van der Waals surface area contributed by atoms with Gasteiger partial charge in [0.15, 0.2) is 5.82 Å². The quantitative estimate of drug-likeness (QED) is 0.856. The van der Waals surface area contributed by atoms with Gasteiger partial charge in [-0.1, -0.05) is 13.8 Å². The van der Waals surface area contributed by atoms with Crippen molar-refractivity contribution in [2.75, 3.05) is 0 Å². The summed E-state index contributed by atoms with van der Waals surface area (Å²) in [6.07, 6.45) is 1.11. The molecule has 0 radical (unpaired) electrons. The molecule has 0 fully saturated rings. The van der Waals surface area contributed by atoms with Gasteiger partial charge in [0.05, 0.1) is 18.8 Å². The lowest BCUT2D eigenvalue weighted by Crippen LogP contribution is -2.09. The Hall–Kier alpha value is -1.76. The van der Waals surface area contributed by atoms with Gasteiger partial charge in [0.25, 0.3) is 0 Å². The number of aryl methyl sites for hydroxylation is 2. The van der Waals surface area contributed by atoms with Gasteiger partial charge < -0.3 is 5.11 Å². The summed E-state index contributed by atoms with van der Waals surface area (Å²) in [4.78, 5) is 1.43. The largest absolute Gasteiger partial charge is 0.389 e. The van der Waals surface area contributed by atoms with Crippen molar-refractivity contribution in [2.45, 2.75) is 46.3 Å². The van der Waals surface area contributed by atoms with Gasteiger partial charge >= 0.3 is 0 Å². The monoisotopic (exact) mass is 264 g/mol. The van der Waals surface area contributed by atoms with Gasteiger partial charge in [-0.15, -0.1) is 10.2 Å². The van der Waals surface area contributed by atoms with E-state index in [1.165, 1.54) is 4.80 Å². The first-order valence-electron chi connectivity index (χ1n) is 6.56. The molecule has 7 nitrogen and oxygen atoms in total. The van der Waals surface area contributed by atoms with Crippen molar-refractivity contribution >= 4 is 0 Å². The average molecular weight is 264 g/mol. The first kappa shape index (κ1) is 13.7. The van der Waals surface area contributed by atoms with E-state index < -0.39 is 6.10 Å². The standard InChI is InChI=1S/C12H20N6O/c1-5-9-12(8(3)19)10(6-2)18(14-9)7-11-13-16-17(4)15-11/h8,19H,5-7H2,1-4H3. The van der Waals surface area contributed by atoms with Crippen LogP contribution in [0.2, 0.25) is 0 Å². The molecule has 0 saturated heterocycles. The summed E-state index contributed by atoms with van der Waals surface area (Å²) in [5.41, 5.74) is 2.92. The van der Waals surface area contributed by atoms with Gasteiger partial charge in [-0.25, -0.2) is 0 Å². The fourth-order valence-electron chi connectivity index (χ4n) is 2.33. The van der Waals surface area contributed by atoms with Gasteiger partial charge in [-0.2, -0.15) is 9.90 Å². The lowest BCUT2D eigenvalue weighted by Gasteiger charge is -2.08. The second-order valence-electron chi connectivity index (χ2n) is 4.54. The summed E-state index contributed by atoms with van der Waals surface area (Å²) >= 11 is 0. The number of aliphatic hydroxyl groups is 1. The predicted octanol–water partition coefficient (Wildman–Crippen LogP) is 0.633. The molecule has 0 saturated carbocycles. The molecule has 0 spiro atoms. The lowest BCUT2D eigenvalue weighted by atomic mass is 10.0. The first-order valence-corrected chi connectivity index (χ1v) is 6.56. The molecule has 2 aromatic heterocycles. The van der Waals surface area contributed by atoms with Crippen LogP contribution in [0.5, 0.6) is 0 Å². The van der Waals surface area contributed by atoms with Crippen LogP contribution in [0.25, 0.3) is 0 Å². The molecular formula is C12H20N6O. The highest BCUT2D eigenvalue weighted by molar-refractivity contribution is 5.29. The van der Waals surface area contributed by atoms with Gasteiger partial charge in [-0.3, -0.25) is 4.68 Å². The van der Waals surface area contributed by atoms with Crippen molar-refractivity contribution in [3.8, 4) is 0 Å². The van der Waals surface area contributed by atoms with E-state index in [0.29, 0.717) is 12.4 Å². The number of hydrogen-bond acceptors (Lipinski definition) is 5. The van der Waals surface area contributed by atoms with Crippen LogP contribution in [0.15, 0.2) is 0 Å². The minimum Gasteiger partial charge on any atom is -0.389 e. The number of nitrogens with zero attached hydrogens (tertiary/aromatic N) is 6. The van der Waals surface area contributed by atoms with E-state index in [2.05, 4.69) is 27.4 Å². The van der Waals surface area contributed by atoms with Gasteiger partial charge in [-0.05, 0) is 25.0 Å². The maximum Gasteiger partial charge on any atom is 0.196 e. The van der Waals surface area contributed by atoms with Gasteiger partial charge in [0.2, 0.25) is 0 Å². The van der Waals surface area contributed by atoms with Gasteiger partial charge in [0.1, 0.15) is 6.54 Å². The second kappa shape index (κ2) is 5.48. The van der Waals surface area contributed by atoms with E-state index in [1.54, 1.807) is 14.0 Å². The third kappa shape index (κ3) is 2.65. The normalized spacial score (nSPS) is 12.9. The van der Waals surface area contributed by atoms with Crippen LogP contribution in [-0.4, -0.2) is 35.1 Å². The van der Waals surface area contributed by atoms with E-state index in [4.69, 9.17) is 0 Å². The third-order valence-electron chi connectivity index (χ3n) is 3.10. The summed E-state index contributed by atoms with van der Waals surface area (Å²) in [6, 6.07) is 0. The summed E-state index contributed by atoms with van der Waals surface area (Å²) < 4.78 is 1.87. The second-order valence-corrected chi connectivity index (χ2v) is 4.54. The van der Waals surface area contributed by atoms with Gasteiger partial charge in [0, 0.05) is 11.3 Å². The highest BCUT2D eigenvalue weighted by atomic mass is 16.3. The molecule has 1 unspecified atom stereocenters. The van der Waals surface area contributed by atoms with Crippen LogP contribution in [0.1, 0.15) is 49.7 Å². The number of aromatic nitrogens is 6. The molecule has 2 aromatic rings. The molecule has 0 amide bonds. The van der Waals surface area contributed by atoms with E-state index in [0.717, 1.165) is 29.8 Å². The highest BCUT2D eigenvalue weighted by Crippen LogP contribution is 2.23. The number of aliphatic hydroxyl groups excluding tert-OH is 1. The molecule has 104 valence electrons. The molecule has 0 aliphatic rings. The van der Waals surface area contributed by atoms with E-state index >= 15 is 0 Å². The molecule has 7 heteroatoms. The topological polar surface area (TPSA) is 81.7 Å². The molecule has 1 atom stereocenters. The predicted molar refractivity (Wildman–Crippen MR) is 69.5 cm³/mol. The fraction of sp³-hybridized carbons (Fsp3) is 0.667. The number of hydrogen-bond donors (Lipinski definition) is 1. The average Bonchev–Trinajstić information content (AvgIpc) is 2.93. The Morgan fingerprint density at radius 2 is 1.95 bits per heavy atom. The Kier molecular flexibility index (Phi) is 3.94. The van der Waals surface area contributed by atoms with Crippen LogP contribution >= 0.6 is 0 Å². The van der Waals surface area contributed by atoms with Crippen LogP contribution in [0.3, 0.4) is 0 Å². The van der Waals surface area contributed by atoms with E-state index in [9.17, 15) is 5.11 Å². The first-order chi connectivity index (χ1) is 9.06. The minimum atomic E-state index is -0.506. The number of tetrazole rings is 1. The summed E-state index contributed by atoms with van der Waals surface area (Å²) in [7, 11) is 1.74. The summed E-state index contributed by atoms with van der Waals surface area (Å²) in [5, 5.41) is 26.4. The van der Waals surface area contributed by atoms with Crippen LogP contribution in [0, 0.1) is 0 Å². The van der Waals surface area contributed by atoms with Crippen molar-refractivity contribution in [3.63, 3.8) is 0 Å². The van der Waals surface area contributed by atoms with E-state index in [1.807, 2.05) is 11.6 Å². The van der Waals surface area contributed by atoms with Crippen molar-refractivity contribution in [1.29, 1.82) is 0 Å². The SMILES string of the molecule is CCc1nn(Cc2nnn(C)n2)c(CC)c1C(C)O. The molecule has 2 heterocycles. The molecule has 2 rings (SSSR count). The molecule has 0 aliphatic heterocycles. The Labute approximate surface area is 112 Å². The molecule has 0 bridgehead atoms. The molecule has 19 heavy (non-hydrogen) atoms. The smallest absolute Gasteiger partial charge is 0.196 e. The Bertz CT molecular complexity index is 557. The Morgan fingerprint density at radius 1 is 1.21 bits per heavy atom. The van der Waals surface area contributed by atoms with Crippen molar-refractivity contribution < 1.29 is 5.11 Å². The molecule has 0 aliphatic carbocycles. The van der Waals surface area contributed by atoms with Crippen LogP contribution in [0.4, 0.5) is 0 Å². The molecule has 1 N–H and O–H groups in total. The molecular weight excluding hydrogens is 244 g/mol. The van der Waals surface area contributed by atoms with E-state index in [-0.39, 0.29) is 0 Å². The van der Waals surface area contributed by atoms with Crippen molar-refractivity contribution in [1.82, 2.24) is 30.0 Å². The number of rotatable bonds is 5. The van der Waals surface area contributed by atoms with Crippen molar-refractivity contribution in [2.24, 2.45) is 7.05 Å². The minimum absolute atomic E-state index is 0.483. The van der Waals surface area contributed by atoms with Crippen molar-refractivity contribution in [3.05, 3.63) is 22.8 Å². The molecule has 0 aromatic carbocycles. The maximum absolute atomic E-state index is 9.93. The zero-order valence-corrected chi connectivity index (χ0v) is 11.8. The third-order valence-corrected chi connectivity index (χ3v) is 3.10. The van der Waals surface area contributed by atoms with Crippen LogP contribution in [-0.2, 0) is 26.4 Å². The Balaban J connectivity index is 2.39.